The summed E-state index contributed by atoms with van der Waals surface area (Å²) in [5.74, 6) is 0.486. The molecule has 7 heteroatoms. The van der Waals surface area contributed by atoms with E-state index in [1.165, 1.54) is 0 Å². The van der Waals surface area contributed by atoms with Crippen LogP contribution in [0.25, 0.3) is 0 Å². The molecule has 0 aliphatic rings. The van der Waals surface area contributed by atoms with Crippen LogP contribution >= 0.6 is 0 Å². The summed E-state index contributed by atoms with van der Waals surface area (Å²) >= 11 is 0. The van der Waals surface area contributed by atoms with Crippen LogP contribution < -0.4 is 10.5 Å². The molecule has 2 rings (SSSR count). The number of ether oxygens (including phenoxy) is 1. The highest BCUT2D eigenvalue weighted by atomic mass is 16.5. The van der Waals surface area contributed by atoms with Crippen LogP contribution in [0.2, 0.25) is 0 Å². The largest absolute Gasteiger partial charge is 0.402 e. The van der Waals surface area contributed by atoms with Crippen molar-refractivity contribution in [2.24, 2.45) is 14.1 Å². The molecule has 2 aromatic heterocycles. The van der Waals surface area contributed by atoms with Crippen LogP contribution in [0.15, 0.2) is 6.33 Å². The fourth-order valence-corrected chi connectivity index (χ4v) is 1.57. The van der Waals surface area contributed by atoms with Crippen molar-refractivity contribution in [2.45, 2.75) is 19.8 Å². The summed E-state index contributed by atoms with van der Waals surface area (Å²) in [7, 11) is 3.56. The fourth-order valence-electron chi connectivity index (χ4n) is 1.57. The lowest BCUT2D eigenvalue weighted by atomic mass is 10.2. The summed E-state index contributed by atoms with van der Waals surface area (Å²) < 4.78 is 8.69. The van der Waals surface area contributed by atoms with Gasteiger partial charge in [0.05, 0.1) is 5.69 Å². The van der Waals surface area contributed by atoms with Gasteiger partial charge < -0.3 is 10.5 Å². The molecule has 0 spiro atoms. The van der Waals surface area contributed by atoms with Gasteiger partial charge >= 0.3 is 6.01 Å². The molecule has 0 aliphatic carbocycles. The first-order chi connectivity index (χ1) is 8.11. The predicted octanol–water partition coefficient (Wildman–Crippen LogP) is 0.876. The molecule has 2 heterocycles. The van der Waals surface area contributed by atoms with Crippen LogP contribution in [0.4, 0.5) is 5.69 Å². The van der Waals surface area contributed by atoms with Crippen molar-refractivity contribution in [1.82, 2.24) is 24.5 Å². The second kappa shape index (κ2) is 4.44. The van der Waals surface area contributed by atoms with Gasteiger partial charge in [-0.15, -0.1) is 5.10 Å². The summed E-state index contributed by atoms with van der Waals surface area (Å²) in [6.07, 6.45) is 3.38. The van der Waals surface area contributed by atoms with Gasteiger partial charge in [-0.05, 0) is 6.42 Å². The Kier molecular flexibility index (Phi) is 2.99. The Morgan fingerprint density at radius 1 is 1.35 bits per heavy atom. The number of hydrogen-bond donors (Lipinski definition) is 1. The summed E-state index contributed by atoms with van der Waals surface area (Å²) in [6.45, 7) is 2.08. The number of anilines is 1. The molecule has 0 bridgehead atoms. The lowest BCUT2D eigenvalue weighted by Crippen LogP contribution is -1.98. The third-order valence-electron chi connectivity index (χ3n) is 2.36. The molecule has 0 atom stereocenters. The van der Waals surface area contributed by atoms with Gasteiger partial charge in [-0.25, -0.2) is 4.68 Å². The number of aromatic nitrogens is 5. The molecule has 7 nitrogen and oxygen atoms in total. The van der Waals surface area contributed by atoms with Crippen LogP contribution in [-0.4, -0.2) is 24.5 Å². The molecular formula is C10H16N6O. The number of nitrogens with zero attached hydrogens (tertiary/aromatic N) is 5. The van der Waals surface area contributed by atoms with Crippen LogP contribution in [0, 0.1) is 0 Å². The van der Waals surface area contributed by atoms with Crippen molar-refractivity contribution in [1.29, 1.82) is 0 Å². The maximum Gasteiger partial charge on any atom is 0.342 e. The van der Waals surface area contributed by atoms with E-state index in [-0.39, 0.29) is 6.01 Å². The van der Waals surface area contributed by atoms with Gasteiger partial charge in [0.1, 0.15) is 12.0 Å². The fraction of sp³-hybridized carbons (Fsp3) is 0.500. The Hall–Kier alpha value is -2.05. The lowest BCUT2D eigenvalue weighted by molar-refractivity contribution is 0.399. The minimum atomic E-state index is 0.269. The molecule has 17 heavy (non-hydrogen) atoms. The monoisotopic (exact) mass is 236 g/mol. The van der Waals surface area contributed by atoms with Gasteiger partial charge in [0.2, 0.25) is 5.88 Å². The van der Waals surface area contributed by atoms with Crippen molar-refractivity contribution in [3.8, 4) is 11.9 Å². The van der Waals surface area contributed by atoms with E-state index in [1.54, 1.807) is 29.8 Å². The first kappa shape index (κ1) is 11.4. The first-order valence-corrected chi connectivity index (χ1v) is 5.46. The zero-order chi connectivity index (χ0) is 12.4. The van der Waals surface area contributed by atoms with Crippen molar-refractivity contribution in [3.05, 3.63) is 12.0 Å². The minimum absolute atomic E-state index is 0.269. The van der Waals surface area contributed by atoms with E-state index in [9.17, 15) is 0 Å². The van der Waals surface area contributed by atoms with Crippen LogP contribution in [0.3, 0.4) is 0 Å². The maximum atomic E-state index is 5.97. The third kappa shape index (κ3) is 2.22. The van der Waals surface area contributed by atoms with E-state index < -0.39 is 0 Å². The average Bonchev–Trinajstić information content (AvgIpc) is 2.79. The van der Waals surface area contributed by atoms with E-state index in [0.717, 1.165) is 18.5 Å². The van der Waals surface area contributed by atoms with Crippen molar-refractivity contribution >= 4 is 5.69 Å². The highest BCUT2D eigenvalue weighted by Gasteiger charge is 2.16. The van der Waals surface area contributed by atoms with Crippen molar-refractivity contribution in [2.75, 3.05) is 5.73 Å². The summed E-state index contributed by atoms with van der Waals surface area (Å²) in [4.78, 5) is 3.98. The van der Waals surface area contributed by atoms with Crippen LogP contribution in [0.5, 0.6) is 11.9 Å². The average molecular weight is 236 g/mol. The Morgan fingerprint density at radius 3 is 2.71 bits per heavy atom. The topological polar surface area (TPSA) is 83.8 Å². The quantitative estimate of drug-likeness (QED) is 0.851. The van der Waals surface area contributed by atoms with E-state index in [0.29, 0.717) is 11.6 Å². The van der Waals surface area contributed by atoms with Crippen molar-refractivity contribution < 1.29 is 4.74 Å². The predicted molar refractivity (Wildman–Crippen MR) is 62.7 cm³/mol. The molecule has 2 aromatic rings. The minimum Gasteiger partial charge on any atom is -0.402 e. The standard InChI is InChI=1S/C10H16N6O/c1-4-5-7-8(11)9(16(3)13-7)17-10-12-6-15(2)14-10/h6H,4-5,11H2,1-3H3. The van der Waals surface area contributed by atoms with Crippen LogP contribution in [-0.2, 0) is 20.5 Å². The van der Waals surface area contributed by atoms with E-state index in [2.05, 4.69) is 22.1 Å². The van der Waals surface area contributed by atoms with Crippen molar-refractivity contribution in [3.63, 3.8) is 0 Å². The molecule has 0 unspecified atom stereocenters. The van der Waals surface area contributed by atoms with Gasteiger partial charge in [0, 0.05) is 14.1 Å². The van der Waals surface area contributed by atoms with E-state index in [4.69, 9.17) is 10.5 Å². The molecule has 0 fully saturated rings. The van der Waals surface area contributed by atoms with Gasteiger partial charge in [0.15, 0.2) is 0 Å². The molecule has 0 saturated carbocycles. The summed E-state index contributed by atoms with van der Waals surface area (Å²) in [5, 5.41) is 8.34. The number of rotatable bonds is 4. The van der Waals surface area contributed by atoms with Gasteiger partial charge in [-0.3, -0.25) is 4.68 Å². The van der Waals surface area contributed by atoms with E-state index in [1.807, 2.05) is 0 Å². The number of nitrogens with two attached hydrogens (primary N) is 1. The molecule has 0 saturated heterocycles. The lowest BCUT2D eigenvalue weighted by Gasteiger charge is -2.01. The Labute approximate surface area is 99.2 Å². The zero-order valence-electron chi connectivity index (χ0n) is 10.2. The van der Waals surface area contributed by atoms with E-state index >= 15 is 0 Å². The van der Waals surface area contributed by atoms with Gasteiger partial charge in [-0.1, -0.05) is 13.3 Å². The van der Waals surface area contributed by atoms with Crippen LogP contribution in [0.1, 0.15) is 19.0 Å². The zero-order valence-corrected chi connectivity index (χ0v) is 10.2. The number of aryl methyl sites for hydroxylation is 3. The molecule has 0 radical (unpaired) electrons. The Morgan fingerprint density at radius 2 is 2.12 bits per heavy atom. The third-order valence-corrected chi connectivity index (χ3v) is 2.36. The second-order valence-electron chi connectivity index (χ2n) is 3.84. The second-order valence-corrected chi connectivity index (χ2v) is 3.84. The molecule has 0 aliphatic heterocycles. The highest BCUT2D eigenvalue weighted by Crippen LogP contribution is 2.28. The molecule has 92 valence electrons. The Balaban J connectivity index is 2.26. The summed E-state index contributed by atoms with van der Waals surface area (Å²) in [6, 6.07) is 0.269. The smallest absolute Gasteiger partial charge is 0.342 e. The molecule has 0 aromatic carbocycles. The van der Waals surface area contributed by atoms with Gasteiger partial charge in [-0.2, -0.15) is 10.1 Å². The van der Waals surface area contributed by atoms with Gasteiger partial charge in [0.25, 0.3) is 0 Å². The first-order valence-electron chi connectivity index (χ1n) is 5.46. The molecular weight excluding hydrogens is 220 g/mol. The summed E-state index contributed by atoms with van der Waals surface area (Å²) in [5.41, 5.74) is 7.38. The number of hydrogen-bond acceptors (Lipinski definition) is 5. The molecule has 0 amide bonds. The number of nitrogen functional groups attached to an aromatic ring is 1. The highest BCUT2D eigenvalue weighted by molar-refractivity contribution is 5.53. The molecule has 2 N–H and O–H groups in total. The normalized spacial score (nSPS) is 10.8. The Bertz CT molecular complexity index is 515. The maximum absolute atomic E-state index is 5.97. The SMILES string of the molecule is CCCc1nn(C)c(Oc2ncn(C)n2)c1N.